The van der Waals surface area contributed by atoms with Gasteiger partial charge >= 0.3 is 5.97 Å². The van der Waals surface area contributed by atoms with Crippen LogP contribution in [-0.4, -0.2) is 71.1 Å². The van der Waals surface area contributed by atoms with E-state index in [1.807, 2.05) is 0 Å². The second kappa shape index (κ2) is 8.76. The Balaban J connectivity index is 1.56. The van der Waals surface area contributed by atoms with Crippen LogP contribution in [0.5, 0.6) is 0 Å². The van der Waals surface area contributed by atoms with Crippen molar-refractivity contribution < 1.29 is 24.2 Å². The third kappa shape index (κ3) is 4.43. The number of fused-ring (bicyclic) bond motifs is 1. The molecule has 2 heterocycles. The Morgan fingerprint density at radius 3 is 2.71 bits per heavy atom. The van der Waals surface area contributed by atoms with Gasteiger partial charge < -0.3 is 15.2 Å². The summed E-state index contributed by atoms with van der Waals surface area (Å²) in [5.41, 5.74) is 0.895. The Morgan fingerprint density at radius 1 is 1.29 bits per heavy atom. The van der Waals surface area contributed by atoms with Gasteiger partial charge in [-0.05, 0) is 24.3 Å². The molecule has 0 aliphatic carbocycles. The number of carbonyl (C=O) groups excluding carboxylic acids is 3. The van der Waals surface area contributed by atoms with Gasteiger partial charge in [-0.15, -0.1) is 0 Å². The molecule has 1 unspecified atom stereocenters. The van der Waals surface area contributed by atoms with E-state index in [9.17, 15) is 14.4 Å². The minimum absolute atomic E-state index is 0.00678. The zero-order valence-electron chi connectivity index (χ0n) is 14.9. The number of nitrogens with zero attached hydrogens (tertiary/aromatic N) is 4. The summed E-state index contributed by atoms with van der Waals surface area (Å²) in [4.78, 5) is 43.8. The summed E-state index contributed by atoms with van der Waals surface area (Å²) in [5, 5.41) is 17.4. The summed E-state index contributed by atoms with van der Waals surface area (Å²) in [7, 11) is 1.29. The summed E-state index contributed by atoms with van der Waals surface area (Å²) >= 11 is 1.02. The maximum absolute atomic E-state index is 12.1. The second-order valence-electron chi connectivity index (χ2n) is 5.70. The molecule has 0 radical (unpaired) electrons. The number of amidine groups is 2. The zero-order valence-corrected chi connectivity index (χ0v) is 15.7. The molecule has 2 aliphatic heterocycles. The van der Waals surface area contributed by atoms with Gasteiger partial charge in [-0.1, -0.05) is 11.8 Å². The number of β-amino-alcohol motifs (C(OH)–C–C–N with tert-alkyl or cyclic N) is 1. The molecule has 146 valence electrons. The van der Waals surface area contributed by atoms with Crippen LogP contribution in [0.15, 0.2) is 39.4 Å². The topological polar surface area (TPSA) is 133 Å². The molecule has 28 heavy (non-hydrogen) atoms. The highest BCUT2D eigenvalue weighted by Gasteiger charge is 2.35. The van der Waals surface area contributed by atoms with E-state index in [0.717, 1.165) is 11.8 Å². The molecule has 0 fully saturated rings. The van der Waals surface area contributed by atoms with Gasteiger partial charge in [0, 0.05) is 11.9 Å². The number of thioether (sulfide) groups is 1. The lowest BCUT2D eigenvalue weighted by atomic mass is 10.1. The fraction of sp³-hybridized carbons (Fsp3) is 0.294. The molecule has 0 saturated carbocycles. The average molecular weight is 403 g/mol. The van der Waals surface area contributed by atoms with Gasteiger partial charge in [-0.25, -0.2) is 14.8 Å². The van der Waals surface area contributed by atoms with Gasteiger partial charge in [0.05, 0.1) is 31.6 Å². The van der Waals surface area contributed by atoms with E-state index in [4.69, 9.17) is 5.11 Å². The molecule has 2 N–H and O–H groups in total. The van der Waals surface area contributed by atoms with Crippen molar-refractivity contribution in [2.75, 3.05) is 31.3 Å². The van der Waals surface area contributed by atoms with E-state index in [2.05, 4.69) is 25.1 Å². The first-order valence-electron chi connectivity index (χ1n) is 8.26. The smallest absolute Gasteiger partial charge is 0.337 e. The predicted molar refractivity (Wildman–Crippen MR) is 105 cm³/mol. The highest BCUT2D eigenvalue weighted by atomic mass is 32.2. The number of carbonyl (C=O) groups is 3. The van der Waals surface area contributed by atoms with E-state index in [1.54, 1.807) is 24.3 Å². The normalized spacial score (nSPS) is 17.7. The van der Waals surface area contributed by atoms with Crippen molar-refractivity contribution in [2.45, 2.75) is 0 Å². The number of hydrazone groups is 1. The largest absolute Gasteiger partial charge is 0.465 e. The van der Waals surface area contributed by atoms with Gasteiger partial charge in [0.1, 0.15) is 11.8 Å². The van der Waals surface area contributed by atoms with E-state index < -0.39 is 17.8 Å². The number of hydrogen-bond acceptors (Lipinski definition) is 9. The molecule has 1 aromatic rings. The van der Waals surface area contributed by atoms with Crippen LogP contribution in [0.4, 0.5) is 5.69 Å². The molecule has 2 aliphatic rings. The van der Waals surface area contributed by atoms with Crippen molar-refractivity contribution in [1.29, 1.82) is 0 Å². The molecule has 10 nitrogen and oxygen atoms in total. The third-order valence-electron chi connectivity index (χ3n) is 3.81. The second-order valence-corrected chi connectivity index (χ2v) is 6.64. The first-order chi connectivity index (χ1) is 13.5. The molecule has 0 spiro atoms. The summed E-state index contributed by atoms with van der Waals surface area (Å²) in [6.07, 6.45) is 1.44. The number of esters is 1. The van der Waals surface area contributed by atoms with Gasteiger partial charge in [-0.2, -0.15) is 10.1 Å². The quantitative estimate of drug-likeness (QED) is 0.655. The SMILES string of the molecule is COC(=O)c1ccc(NC(=O)CSC2=NC(=O)C3C=NN(CCO)C3=N2)cc1. The number of amides is 2. The number of anilines is 1. The van der Waals surface area contributed by atoms with Gasteiger partial charge in [0.2, 0.25) is 5.91 Å². The van der Waals surface area contributed by atoms with Crippen molar-refractivity contribution >= 4 is 52.5 Å². The van der Waals surface area contributed by atoms with Crippen LogP contribution in [0, 0.1) is 5.92 Å². The number of nitrogens with one attached hydrogen (secondary N) is 1. The van der Waals surface area contributed by atoms with Crippen LogP contribution >= 0.6 is 11.8 Å². The van der Waals surface area contributed by atoms with E-state index in [0.29, 0.717) is 17.1 Å². The lowest BCUT2D eigenvalue weighted by Crippen LogP contribution is -2.35. The van der Waals surface area contributed by atoms with E-state index in [-0.39, 0.29) is 30.0 Å². The maximum Gasteiger partial charge on any atom is 0.337 e. The molecule has 2 amide bonds. The molecular formula is C17H17N5O5S. The Labute approximate surface area is 164 Å². The molecule has 0 saturated heterocycles. The van der Waals surface area contributed by atoms with Crippen LogP contribution in [0.3, 0.4) is 0 Å². The molecule has 0 bridgehead atoms. The number of hydrogen-bond donors (Lipinski definition) is 2. The van der Waals surface area contributed by atoms with Crippen molar-refractivity contribution in [3.05, 3.63) is 29.8 Å². The molecule has 3 rings (SSSR count). The monoisotopic (exact) mass is 403 g/mol. The lowest BCUT2D eigenvalue weighted by molar-refractivity contribution is -0.118. The van der Waals surface area contributed by atoms with E-state index in [1.165, 1.54) is 18.3 Å². The number of benzene rings is 1. The van der Waals surface area contributed by atoms with Gasteiger partial charge in [0.15, 0.2) is 5.17 Å². The van der Waals surface area contributed by atoms with Crippen molar-refractivity contribution in [1.82, 2.24) is 5.01 Å². The highest BCUT2D eigenvalue weighted by molar-refractivity contribution is 8.14. The minimum Gasteiger partial charge on any atom is -0.465 e. The number of aliphatic hydroxyl groups excluding tert-OH is 1. The van der Waals surface area contributed by atoms with Crippen LogP contribution in [0.2, 0.25) is 0 Å². The first-order valence-corrected chi connectivity index (χ1v) is 9.25. The number of aliphatic hydroxyl groups is 1. The van der Waals surface area contributed by atoms with Crippen LogP contribution in [0.1, 0.15) is 10.4 Å². The average Bonchev–Trinajstić information content (AvgIpc) is 3.10. The molecule has 1 atom stereocenters. The Morgan fingerprint density at radius 2 is 2.04 bits per heavy atom. The van der Waals surface area contributed by atoms with E-state index >= 15 is 0 Å². The predicted octanol–water partition coefficient (Wildman–Crippen LogP) is 0.349. The van der Waals surface area contributed by atoms with Crippen LogP contribution in [0.25, 0.3) is 0 Å². The summed E-state index contributed by atoms with van der Waals surface area (Å²) in [6.45, 7) is 0.0905. The minimum atomic E-state index is -0.641. The van der Waals surface area contributed by atoms with Crippen LogP contribution < -0.4 is 5.32 Å². The van der Waals surface area contributed by atoms with Crippen molar-refractivity contribution in [3.8, 4) is 0 Å². The number of rotatable bonds is 6. The Kier molecular flexibility index (Phi) is 6.16. The Bertz CT molecular complexity index is 880. The van der Waals surface area contributed by atoms with Gasteiger partial charge in [0.25, 0.3) is 5.91 Å². The lowest BCUT2D eigenvalue weighted by Gasteiger charge is -2.19. The maximum atomic E-state index is 12.1. The van der Waals surface area contributed by atoms with Crippen molar-refractivity contribution in [3.63, 3.8) is 0 Å². The Hall–Kier alpha value is -3.05. The summed E-state index contributed by atoms with van der Waals surface area (Å²) in [6, 6.07) is 6.26. The van der Waals surface area contributed by atoms with Crippen molar-refractivity contribution in [2.24, 2.45) is 21.0 Å². The number of aliphatic imine (C=N–C) groups is 2. The van der Waals surface area contributed by atoms with Crippen LogP contribution in [-0.2, 0) is 14.3 Å². The third-order valence-corrected chi connectivity index (χ3v) is 4.66. The molecule has 0 aromatic heterocycles. The molecule has 1 aromatic carbocycles. The standard InChI is InChI=1S/C17H17N5O5S/c1-27-16(26)10-2-4-11(5-3-10)19-13(24)9-28-17-20-14-12(15(25)21-17)8-18-22(14)6-7-23/h2-5,8,12,23H,6-7,9H2,1H3,(H,19,24). The fourth-order valence-corrected chi connectivity index (χ4v) is 3.13. The molecular weight excluding hydrogens is 386 g/mol. The zero-order chi connectivity index (χ0) is 20.1. The number of ether oxygens (including phenoxy) is 1. The highest BCUT2D eigenvalue weighted by Crippen LogP contribution is 2.21. The number of methoxy groups -OCH3 is 1. The first kappa shape index (κ1) is 19.7. The summed E-state index contributed by atoms with van der Waals surface area (Å²) < 4.78 is 4.62. The van der Waals surface area contributed by atoms with Gasteiger partial charge in [-0.3, -0.25) is 9.59 Å². The fourth-order valence-electron chi connectivity index (χ4n) is 2.49. The summed E-state index contributed by atoms with van der Waals surface area (Å²) in [5.74, 6) is -1.43. The molecule has 11 heteroatoms.